The number of nitriles is 1. The number of hydrogen-bond acceptors (Lipinski definition) is 7. The fourth-order valence-electron chi connectivity index (χ4n) is 3.43. The zero-order chi connectivity index (χ0) is 22.1. The van der Waals surface area contributed by atoms with Crippen molar-refractivity contribution in [2.75, 3.05) is 5.32 Å². The number of aromatic nitrogens is 7. The number of anilines is 1. The maximum atomic E-state index is 9.10. The number of nitrogens with one attached hydrogen (secondary N) is 1. The van der Waals surface area contributed by atoms with Crippen LogP contribution in [-0.4, -0.2) is 40.6 Å². The van der Waals surface area contributed by atoms with E-state index in [1.54, 1.807) is 40.2 Å². The third kappa shape index (κ3) is 3.54. The number of pyridine rings is 3. The second kappa shape index (κ2) is 7.92. The van der Waals surface area contributed by atoms with Crippen LogP contribution in [-0.2, 0) is 0 Å². The molecule has 5 aromatic rings. The fourth-order valence-corrected chi connectivity index (χ4v) is 3.43. The average Bonchev–Trinajstić information content (AvgIpc) is 3.46. The summed E-state index contributed by atoms with van der Waals surface area (Å²) in [6.45, 7) is 4.14. The van der Waals surface area contributed by atoms with E-state index in [-0.39, 0.29) is 6.04 Å². The van der Waals surface area contributed by atoms with Gasteiger partial charge in [0, 0.05) is 41.6 Å². The standard InChI is InChI=1S/C23H19N9/c1-15(2)30-20-8-22(32-23-17(11-29-32)7-16(9-24)10-27-23)26-13-21(20)31-14-18(12-28-31)19-5-3-4-6-25-19/h3-8,10-15H,1-2H3,(H,26,30). The maximum Gasteiger partial charge on any atom is 0.164 e. The number of rotatable bonds is 5. The van der Waals surface area contributed by atoms with Gasteiger partial charge in [0.2, 0.25) is 0 Å². The molecule has 5 aromatic heterocycles. The lowest BCUT2D eigenvalue weighted by atomic mass is 10.2. The summed E-state index contributed by atoms with van der Waals surface area (Å²) >= 11 is 0. The molecule has 0 saturated heterocycles. The SMILES string of the molecule is CC(C)Nc1cc(-n2ncc3cc(C#N)cnc32)ncc1-n1cc(-c2ccccn2)cn1. The summed E-state index contributed by atoms with van der Waals surface area (Å²) in [4.78, 5) is 13.4. The summed E-state index contributed by atoms with van der Waals surface area (Å²) in [5.41, 5.74) is 4.56. The Morgan fingerprint density at radius 1 is 1.00 bits per heavy atom. The zero-order valence-corrected chi connectivity index (χ0v) is 17.5. The minimum Gasteiger partial charge on any atom is -0.381 e. The first-order valence-corrected chi connectivity index (χ1v) is 10.1. The molecule has 1 N–H and O–H groups in total. The van der Waals surface area contributed by atoms with Crippen LogP contribution in [0.2, 0.25) is 0 Å². The molecule has 156 valence electrons. The predicted octanol–water partition coefficient (Wildman–Crippen LogP) is 3.76. The molecule has 32 heavy (non-hydrogen) atoms. The summed E-state index contributed by atoms with van der Waals surface area (Å²) in [5.74, 6) is 0.612. The van der Waals surface area contributed by atoms with Gasteiger partial charge in [-0.2, -0.15) is 20.1 Å². The molecule has 5 heterocycles. The molecule has 0 aliphatic carbocycles. The van der Waals surface area contributed by atoms with Gasteiger partial charge in [0.15, 0.2) is 11.5 Å². The van der Waals surface area contributed by atoms with Gasteiger partial charge in [0.25, 0.3) is 0 Å². The second-order valence-corrected chi connectivity index (χ2v) is 7.55. The quantitative estimate of drug-likeness (QED) is 0.460. The Bertz CT molecular complexity index is 1440. The maximum absolute atomic E-state index is 9.10. The van der Waals surface area contributed by atoms with Crippen molar-refractivity contribution in [2.45, 2.75) is 19.9 Å². The molecule has 5 rings (SSSR count). The van der Waals surface area contributed by atoms with Crippen molar-refractivity contribution in [3.05, 3.63) is 73.1 Å². The molecular formula is C23H19N9. The number of hydrogen-bond donors (Lipinski definition) is 1. The van der Waals surface area contributed by atoms with Gasteiger partial charge in [0.05, 0.1) is 35.5 Å². The van der Waals surface area contributed by atoms with E-state index >= 15 is 0 Å². The van der Waals surface area contributed by atoms with Gasteiger partial charge in [-0.25, -0.2) is 14.6 Å². The van der Waals surface area contributed by atoms with E-state index in [2.05, 4.69) is 50.4 Å². The van der Waals surface area contributed by atoms with Crippen LogP contribution in [0, 0.1) is 11.3 Å². The largest absolute Gasteiger partial charge is 0.381 e. The van der Waals surface area contributed by atoms with Crippen LogP contribution in [0.1, 0.15) is 19.4 Å². The second-order valence-electron chi connectivity index (χ2n) is 7.55. The molecule has 9 heteroatoms. The fraction of sp³-hybridized carbons (Fsp3) is 0.130. The number of nitrogens with zero attached hydrogens (tertiary/aromatic N) is 8. The molecule has 0 unspecified atom stereocenters. The van der Waals surface area contributed by atoms with Crippen molar-refractivity contribution in [2.24, 2.45) is 0 Å². The molecule has 0 saturated carbocycles. The molecule has 0 aliphatic rings. The van der Waals surface area contributed by atoms with Crippen molar-refractivity contribution in [3.8, 4) is 28.8 Å². The first-order valence-electron chi connectivity index (χ1n) is 10.1. The van der Waals surface area contributed by atoms with Crippen molar-refractivity contribution in [1.82, 2.24) is 34.5 Å². The van der Waals surface area contributed by atoms with Gasteiger partial charge in [-0.3, -0.25) is 4.98 Å². The van der Waals surface area contributed by atoms with E-state index in [9.17, 15) is 0 Å². The van der Waals surface area contributed by atoms with Crippen LogP contribution in [0.5, 0.6) is 0 Å². The van der Waals surface area contributed by atoms with E-state index < -0.39 is 0 Å². The molecule has 0 amide bonds. The monoisotopic (exact) mass is 421 g/mol. The highest BCUT2D eigenvalue weighted by Crippen LogP contribution is 2.26. The number of fused-ring (bicyclic) bond motifs is 1. The zero-order valence-electron chi connectivity index (χ0n) is 17.5. The lowest BCUT2D eigenvalue weighted by Gasteiger charge is -2.16. The highest BCUT2D eigenvalue weighted by Gasteiger charge is 2.14. The summed E-state index contributed by atoms with van der Waals surface area (Å²) in [5, 5.41) is 22.3. The third-order valence-electron chi connectivity index (χ3n) is 4.86. The molecule has 0 spiro atoms. The summed E-state index contributed by atoms with van der Waals surface area (Å²) < 4.78 is 3.44. The molecular weight excluding hydrogens is 402 g/mol. The Morgan fingerprint density at radius 2 is 1.91 bits per heavy atom. The Labute approximate surface area is 184 Å². The van der Waals surface area contributed by atoms with Gasteiger partial charge in [-0.05, 0) is 32.0 Å². The Hall–Kier alpha value is -4.58. The highest BCUT2D eigenvalue weighted by molar-refractivity contribution is 5.77. The van der Waals surface area contributed by atoms with Crippen LogP contribution in [0.25, 0.3) is 33.8 Å². The van der Waals surface area contributed by atoms with Crippen molar-refractivity contribution in [3.63, 3.8) is 0 Å². The van der Waals surface area contributed by atoms with Crippen LogP contribution in [0.4, 0.5) is 5.69 Å². The van der Waals surface area contributed by atoms with Crippen molar-refractivity contribution >= 4 is 16.7 Å². The predicted molar refractivity (Wildman–Crippen MR) is 120 cm³/mol. The molecule has 0 aromatic carbocycles. The van der Waals surface area contributed by atoms with E-state index in [1.807, 2.05) is 30.5 Å². The average molecular weight is 421 g/mol. The van der Waals surface area contributed by atoms with Gasteiger partial charge in [0.1, 0.15) is 11.8 Å². The molecule has 9 nitrogen and oxygen atoms in total. The Morgan fingerprint density at radius 3 is 2.69 bits per heavy atom. The van der Waals surface area contributed by atoms with Gasteiger partial charge < -0.3 is 5.32 Å². The van der Waals surface area contributed by atoms with Gasteiger partial charge in [-0.15, -0.1) is 0 Å². The van der Waals surface area contributed by atoms with Crippen LogP contribution in [0.15, 0.2) is 67.5 Å². The van der Waals surface area contributed by atoms with E-state index in [1.165, 1.54) is 6.20 Å². The van der Waals surface area contributed by atoms with Gasteiger partial charge in [-0.1, -0.05) is 6.07 Å². The smallest absolute Gasteiger partial charge is 0.164 e. The minimum absolute atomic E-state index is 0.195. The van der Waals surface area contributed by atoms with Gasteiger partial charge >= 0.3 is 0 Å². The molecule has 0 aliphatic heterocycles. The van der Waals surface area contributed by atoms with E-state index in [0.29, 0.717) is 17.0 Å². The van der Waals surface area contributed by atoms with Crippen molar-refractivity contribution < 1.29 is 0 Å². The normalized spacial score (nSPS) is 11.1. The van der Waals surface area contributed by atoms with Crippen molar-refractivity contribution in [1.29, 1.82) is 5.26 Å². The van der Waals surface area contributed by atoms with Crippen LogP contribution >= 0.6 is 0 Å². The summed E-state index contributed by atoms with van der Waals surface area (Å²) in [6.07, 6.45) is 10.4. The Kier molecular flexibility index (Phi) is 4.80. The topological polar surface area (TPSA) is 110 Å². The molecule has 0 atom stereocenters. The van der Waals surface area contributed by atoms with E-state index in [4.69, 9.17) is 5.26 Å². The van der Waals surface area contributed by atoms with Crippen LogP contribution in [0.3, 0.4) is 0 Å². The summed E-state index contributed by atoms with van der Waals surface area (Å²) in [6, 6.07) is 11.8. The molecule has 0 bridgehead atoms. The third-order valence-corrected chi connectivity index (χ3v) is 4.86. The lowest BCUT2D eigenvalue weighted by Crippen LogP contribution is -2.14. The van der Waals surface area contributed by atoms with E-state index in [0.717, 1.165) is 28.0 Å². The van der Waals surface area contributed by atoms with Crippen LogP contribution < -0.4 is 5.32 Å². The Balaban J connectivity index is 1.58. The molecule has 0 fully saturated rings. The lowest BCUT2D eigenvalue weighted by molar-refractivity contribution is 0.832. The first kappa shape index (κ1) is 19.4. The minimum atomic E-state index is 0.195. The summed E-state index contributed by atoms with van der Waals surface area (Å²) in [7, 11) is 0. The highest BCUT2D eigenvalue weighted by atomic mass is 15.3. The molecule has 0 radical (unpaired) electrons. The first-order chi connectivity index (χ1) is 15.6.